The second-order valence-electron chi connectivity index (χ2n) is 8.05. The van der Waals surface area contributed by atoms with E-state index in [0.29, 0.717) is 23.4 Å². The molecule has 1 aliphatic carbocycles. The summed E-state index contributed by atoms with van der Waals surface area (Å²) in [4.78, 5) is 42.0. The van der Waals surface area contributed by atoms with Crippen LogP contribution in [0.1, 0.15) is 30.4 Å². The molecule has 1 N–H and O–H groups in total. The largest absolute Gasteiger partial charge is 0.325 e. The van der Waals surface area contributed by atoms with Crippen LogP contribution in [-0.2, 0) is 21.7 Å². The third-order valence-corrected chi connectivity index (χ3v) is 6.26. The molecule has 1 atom stereocenters. The molecule has 3 aliphatic rings. The second kappa shape index (κ2) is 6.62. The number of benzene rings is 2. The van der Waals surface area contributed by atoms with Crippen LogP contribution in [0.2, 0.25) is 0 Å². The van der Waals surface area contributed by atoms with Gasteiger partial charge in [-0.3, -0.25) is 14.5 Å². The number of carbonyl (C=O) groups is 3. The molecule has 2 aromatic carbocycles. The first-order valence-corrected chi connectivity index (χ1v) is 9.91. The molecule has 4 amide bonds. The molecule has 8 heteroatoms. The molecule has 30 heavy (non-hydrogen) atoms. The van der Waals surface area contributed by atoms with Gasteiger partial charge in [0.2, 0.25) is 5.54 Å². The molecular weight excluding hydrogens is 392 g/mol. The lowest BCUT2D eigenvalue weighted by atomic mass is 9.84. The van der Waals surface area contributed by atoms with Gasteiger partial charge in [-0.05, 0) is 42.5 Å². The standard InChI is InChI=1S/C22H19F2N3O3/c23-16-9-8-14(10-17(16)24)12-26-18-7-2-1-6-15(18)22(19(26)28)20(29)27(21(30)25-22)11-13-4-3-5-13/h1-2,6-10,13H,3-5,11-12H2,(H,25,30). The van der Waals surface area contributed by atoms with E-state index in [0.717, 1.165) is 36.3 Å². The highest BCUT2D eigenvalue weighted by atomic mass is 19.2. The Labute approximate surface area is 171 Å². The number of halogens is 2. The first kappa shape index (κ1) is 18.7. The van der Waals surface area contributed by atoms with Gasteiger partial charge in [-0.1, -0.05) is 30.7 Å². The summed E-state index contributed by atoms with van der Waals surface area (Å²) in [6, 6.07) is 9.56. The van der Waals surface area contributed by atoms with Crippen molar-refractivity contribution in [3.8, 4) is 0 Å². The van der Waals surface area contributed by atoms with Gasteiger partial charge >= 0.3 is 6.03 Å². The third kappa shape index (κ3) is 2.56. The van der Waals surface area contributed by atoms with Crippen molar-refractivity contribution in [3.63, 3.8) is 0 Å². The van der Waals surface area contributed by atoms with E-state index in [1.165, 1.54) is 11.0 Å². The molecule has 0 bridgehead atoms. The fourth-order valence-corrected chi connectivity index (χ4v) is 4.43. The molecule has 5 rings (SSSR count). The molecule has 1 saturated heterocycles. The number of urea groups is 1. The van der Waals surface area contributed by atoms with Crippen LogP contribution in [0, 0.1) is 17.6 Å². The summed E-state index contributed by atoms with van der Waals surface area (Å²) in [6.07, 6.45) is 2.98. The van der Waals surface area contributed by atoms with Crippen molar-refractivity contribution in [2.75, 3.05) is 11.4 Å². The lowest BCUT2D eigenvalue weighted by molar-refractivity contribution is -0.138. The predicted octanol–water partition coefficient (Wildman–Crippen LogP) is 3.06. The molecule has 2 aliphatic heterocycles. The zero-order chi connectivity index (χ0) is 21.0. The number of imide groups is 1. The Morgan fingerprint density at radius 1 is 0.967 bits per heavy atom. The molecule has 0 radical (unpaired) electrons. The first-order valence-electron chi connectivity index (χ1n) is 9.91. The second-order valence-corrected chi connectivity index (χ2v) is 8.05. The first-order chi connectivity index (χ1) is 14.4. The summed E-state index contributed by atoms with van der Waals surface area (Å²) in [7, 11) is 0. The Bertz CT molecular complexity index is 1090. The molecule has 0 aromatic heterocycles. The normalized spacial score (nSPS) is 23.2. The fourth-order valence-electron chi connectivity index (χ4n) is 4.43. The number of hydrogen-bond acceptors (Lipinski definition) is 3. The summed E-state index contributed by atoms with van der Waals surface area (Å²) in [6.45, 7) is 0.242. The third-order valence-electron chi connectivity index (χ3n) is 6.26. The van der Waals surface area contributed by atoms with Crippen molar-refractivity contribution in [1.82, 2.24) is 10.2 Å². The van der Waals surface area contributed by atoms with Gasteiger partial charge in [0, 0.05) is 12.1 Å². The Balaban J connectivity index is 1.52. The highest BCUT2D eigenvalue weighted by Crippen LogP contribution is 2.45. The Hall–Kier alpha value is -3.29. The maximum Gasteiger partial charge on any atom is 0.325 e. The van der Waals surface area contributed by atoms with E-state index in [-0.39, 0.29) is 12.5 Å². The van der Waals surface area contributed by atoms with E-state index in [4.69, 9.17) is 0 Å². The molecule has 2 fully saturated rings. The number of hydrogen-bond donors (Lipinski definition) is 1. The van der Waals surface area contributed by atoms with Crippen molar-refractivity contribution in [2.45, 2.75) is 31.3 Å². The Morgan fingerprint density at radius 3 is 2.40 bits per heavy atom. The quantitative estimate of drug-likeness (QED) is 0.621. The van der Waals surface area contributed by atoms with E-state index in [1.54, 1.807) is 24.3 Å². The molecule has 2 aromatic rings. The van der Waals surface area contributed by atoms with E-state index < -0.39 is 35.0 Å². The van der Waals surface area contributed by atoms with Crippen molar-refractivity contribution in [3.05, 3.63) is 65.2 Å². The Kier molecular flexibility index (Phi) is 4.13. The van der Waals surface area contributed by atoms with E-state index in [1.807, 2.05) is 0 Å². The highest BCUT2D eigenvalue weighted by molar-refractivity contribution is 6.27. The average Bonchev–Trinajstić information content (AvgIpc) is 3.08. The number of rotatable bonds is 4. The molecule has 154 valence electrons. The fraction of sp³-hybridized carbons (Fsp3) is 0.318. The lowest BCUT2D eigenvalue weighted by Crippen LogP contribution is -2.52. The highest BCUT2D eigenvalue weighted by Gasteiger charge is 2.64. The van der Waals surface area contributed by atoms with Crippen LogP contribution in [0.5, 0.6) is 0 Å². The van der Waals surface area contributed by atoms with Gasteiger partial charge in [0.05, 0.1) is 12.2 Å². The minimum atomic E-state index is -1.81. The molecule has 2 heterocycles. The van der Waals surface area contributed by atoms with Gasteiger partial charge in [-0.15, -0.1) is 0 Å². The number of nitrogens with zero attached hydrogens (tertiary/aromatic N) is 2. The summed E-state index contributed by atoms with van der Waals surface area (Å²) in [5, 5.41) is 2.64. The van der Waals surface area contributed by atoms with Crippen molar-refractivity contribution in [1.29, 1.82) is 0 Å². The van der Waals surface area contributed by atoms with Crippen molar-refractivity contribution < 1.29 is 23.2 Å². The van der Waals surface area contributed by atoms with Crippen LogP contribution in [0.3, 0.4) is 0 Å². The maximum atomic E-state index is 13.7. The minimum absolute atomic E-state index is 0.0550. The summed E-state index contributed by atoms with van der Waals surface area (Å²) in [5.74, 6) is -2.90. The molecule has 1 unspecified atom stereocenters. The van der Waals surface area contributed by atoms with Crippen LogP contribution in [0.25, 0.3) is 0 Å². The lowest BCUT2D eigenvalue weighted by Gasteiger charge is -2.29. The van der Waals surface area contributed by atoms with Crippen LogP contribution in [0.4, 0.5) is 19.3 Å². The van der Waals surface area contributed by atoms with Gasteiger partial charge in [0.25, 0.3) is 11.8 Å². The molecule has 1 saturated carbocycles. The van der Waals surface area contributed by atoms with Gasteiger partial charge in [-0.25, -0.2) is 13.6 Å². The zero-order valence-electron chi connectivity index (χ0n) is 16.0. The number of para-hydroxylation sites is 1. The number of amides is 4. The predicted molar refractivity (Wildman–Crippen MR) is 103 cm³/mol. The zero-order valence-corrected chi connectivity index (χ0v) is 16.0. The minimum Gasteiger partial charge on any atom is -0.311 e. The number of anilines is 1. The van der Waals surface area contributed by atoms with Gasteiger partial charge in [0.1, 0.15) is 0 Å². The molecular formula is C22H19F2N3O3. The van der Waals surface area contributed by atoms with E-state index >= 15 is 0 Å². The monoisotopic (exact) mass is 411 g/mol. The van der Waals surface area contributed by atoms with Crippen LogP contribution in [-0.4, -0.2) is 29.3 Å². The van der Waals surface area contributed by atoms with Gasteiger partial charge in [0.15, 0.2) is 11.6 Å². The van der Waals surface area contributed by atoms with Crippen molar-refractivity contribution >= 4 is 23.5 Å². The average molecular weight is 411 g/mol. The smallest absolute Gasteiger partial charge is 0.311 e. The topological polar surface area (TPSA) is 69.7 Å². The number of fused-ring (bicyclic) bond motifs is 2. The Morgan fingerprint density at radius 2 is 1.70 bits per heavy atom. The van der Waals surface area contributed by atoms with Crippen LogP contribution < -0.4 is 10.2 Å². The van der Waals surface area contributed by atoms with Crippen molar-refractivity contribution in [2.24, 2.45) is 5.92 Å². The van der Waals surface area contributed by atoms with Gasteiger partial charge < -0.3 is 10.2 Å². The SMILES string of the molecule is O=C1NC2(C(=O)N1CC1CCC1)C(=O)N(Cc1ccc(F)c(F)c1)c1ccccc12. The number of nitrogens with one attached hydrogen (secondary N) is 1. The summed E-state index contributed by atoms with van der Waals surface area (Å²) < 4.78 is 27.0. The van der Waals surface area contributed by atoms with Gasteiger partial charge in [-0.2, -0.15) is 0 Å². The van der Waals surface area contributed by atoms with E-state index in [2.05, 4.69) is 5.32 Å². The summed E-state index contributed by atoms with van der Waals surface area (Å²) in [5.41, 5.74) is -0.577. The van der Waals surface area contributed by atoms with Crippen LogP contribution >= 0.6 is 0 Å². The maximum absolute atomic E-state index is 13.7. The molecule has 6 nitrogen and oxygen atoms in total. The summed E-state index contributed by atoms with van der Waals surface area (Å²) >= 11 is 0. The van der Waals surface area contributed by atoms with E-state index in [9.17, 15) is 23.2 Å². The molecule has 1 spiro atoms. The number of carbonyl (C=O) groups excluding carboxylic acids is 3. The van der Waals surface area contributed by atoms with Crippen LogP contribution in [0.15, 0.2) is 42.5 Å².